The molecule has 2 aliphatic heterocycles. The molecule has 4 rings (SSSR count). The number of sulfonamides is 1. The lowest BCUT2D eigenvalue weighted by molar-refractivity contribution is -0.194. The van der Waals surface area contributed by atoms with E-state index in [0.717, 1.165) is 5.56 Å². The van der Waals surface area contributed by atoms with Crippen LogP contribution < -0.4 is 0 Å². The fraction of sp³-hybridized carbons (Fsp3) is 0.429. The molecule has 5 nitrogen and oxygen atoms in total. The number of alkyl halides is 3. The zero-order chi connectivity index (χ0) is 21.6. The maximum atomic E-state index is 12.9. The summed E-state index contributed by atoms with van der Waals surface area (Å²) in [4.78, 5) is 1.81. The molecule has 1 N–H and O–H groups in total. The van der Waals surface area contributed by atoms with Gasteiger partial charge in [0, 0.05) is 31.6 Å². The van der Waals surface area contributed by atoms with Gasteiger partial charge in [0.2, 0.25) is 10.0 Å². The van der Waals surface area contributed by atoms with Gasteiger partial charge in [0.15, 0.2) is 0 Å². The first kappa shape index (κ1) is 21.3. The van der Waals surface area contributed by atoms with Crippen molar-refractivity contribution in [1.82, 2.24) is 9.21 Å². The molecule has 0 aliphatic carbocycles. The standard InChI is InChI=1S/C21H23F3N2O3S/c22-21(23,24)11-12-26-18(13-27)19(16-7-3-1-4-8-16)20(26)14-25(15-20)30(28,29)17-9-5-2-6-10-17/h1-10,18-19,27H,11-15H2/t18-,19+/m0/s1. The fourth-order valence-electron chi connectivity index (χ4n) is 4.85. The van der Waals surface area contributed by atoms with Crippen LogP contribution in [0.1, 0.15) is 17.9 Å². The molecule has 2 aromatic carbocycles. The summed E-state index contributed by atoms with van der Waals surface area (Å²) in [5.74, 6) is -0.237. The third-order valence-electron chi connectivity index (χ3n) is 6.20. The van der Waals surface area contributed by atoms with Crippen molar-refractivity contribution in [1.29, 1.82) is 0 Å². The van der Waals surface area contributed by atoms with Gasteiger partial charge < -0.3 is 5.11 Å². The number of aliphatic hydroxyl groups excluding tert-OH is 1. The van der Waals surface area contributed by atoms with Gasteiger partial charge in [-0.3, -0.25) is 4.90 Å². The van der Waals surface area contributed by atoms with E-state index in [0.29, 0.717) is 0 Å². The molecular formula is C21H23F3N2O3S. The van der Waals surface area contributed by atoms with E-state index in [-0.39, 0.29) is 37.1 Å². The molecule has 0 saturated carbocycles. The molecule has 0 unspecified atom stereocenters. The van der Waals surface area contributed by atoms with Crippen LogP contribution in [0.4, 0.5) is 13.2 Å². The van der Waals surface area contributed by atoms with Gasteiger partial charge in [-0.25, -0.2) is 8.42 Å². The molecule has 2 saturated heterocycles. The predicted molar refractivity (Wildman–Crippen MR) is 105 cm³/mol. The number of rotatable bonds is 6. The number of halogens is 3. The number of aliphatic hydroxyl groups is 1. The summed E-state index contributed by atoms with van der Waals surface area (Å²) in [6.45, 7) is -0.363. The van der Waals surface area contributed by atoms with Crippen LogP contribution in [0.3, 0.4) is 0 Å². The Morgan fingerprint density at radius 3 is 2.10 bits per heavy atom. The molecule has 162 valence electrons. The Hall–Kier alpha value is -1.94. The number of benzene rings is 2. The van der Waals surface area contributed by atoms with Crippen LogP contribution in [0.5, 0.6) is 0 Å². The van der Waals surface area contributed by atoms with Crippen molar-refractivity contribution in [2.24, 2.45) is 0 Å². The van der Waals surface area contributed by atoms with Crippen LogP contribution >= 0.6 is 0 Å². The van der Waals surface area contributed by atoms with Gasteiger partial charge in [-0.15, -0.1) is 0 Å². The van der Waals surface area contributed by atoms with E-state index in [1.54, 1.807) is 23.1 Å². The van der Waals surface area contributed by atoms with Gasteiger partial charge in [-0.1, -0.05) is 48.5 Å². The van der Waals surface area contributed by atoms with Crippen LogP contribution in [-0.2, 0) is 10.0 Å². The van der Waals surface area contributed by atoms with Gasteiger partial charge >= 0.3 is 6.18 Å². The van der Waals surface area contributed by atoms with E-state index >= 15 is 0 Å². The lowest BCUT2D eigenvalue weighted by Gasteiger charge is -2.70. The van der Waals surface area contributed by atoms with Crippen molar-refractivity contribution < 1.29 is 26.7 Å². The summed E-state index contributed by atoms with van der Waals surface area (Å²) in [5, 5.41) is 9.92. The summed E-state index contributed by atoms with van der Waals surface area (Å²) >= 11 is 0. The third kappa shape index (κ3) is 3.53. The molecule has 1 spiro atoms. The Morgan fingerprint density at radius 2 is 1.57 bits per heavy atom. The van der Waals surface area contributed by atoms with Crippen LogP contribution in [0.25, 0.3) is 0 Å². The Balaban J connectivity index is 1.62. The first-order valence-corrected chi connectivity index (χ1v) is 11.2. The van der Waals surface area contributed by atoms with Gasteiger partial charge in [0.25, 0.3) is 0 Å². The van der Waals surface area contributed by atoms with Crippen molar-refractivity contribution in [2.75, 3.05) is 26.2 Å². The quantitative estimate of drug-likeness (QED) is 0.751. The van der Waals surface area contributed by atoms with Crippen molar-refractivity contribution in [3.05, 3.63) is 66.2 Å². The van der Waals surface area contributed by atoms with Crippen LogP contribution in [0, 0.1) is 0 Å². The van der Waals surface area contributed by atoms with Crippen LogP contribution in [-0.4, -0.2) is 66.7 Å². The maximum absolute atomic E-state index is 12.9. The minimum atomic E-state index is -4.32. The molecule has 0 aromatic heterocycles. The normalized spacial score (nSPS) is 24.4. The molecule has 9 heteroatoms. The molecule has 0 bridgehead atoms. The smallest absolute Gasteiger partial charge is 0.390 e. The molecule has 2 atom stereocenters. The van der Waals surface area contributed by atoms with Crippen LogP contribution in [0.15, 0.2) is 65.6 Å². The second-order valence-corrected chi connectivity index (χ2v) is 9.82. The van der Waals surface area contributed by atoms with E-state index in [1.165, 1.54) is 16.4 Å². The summed E-state index contributed by atoms with van der Waals surface area (Å²) in [6, 6.07) is 16.8. The number of hydrogen-bond donors (Lipinski definition) is 1. The van der Waals surface area contributed by atoms with E-state index < -0.39 is 34.2 Å². The summed E-state index contributed by atoms with van der Waals surface area (Å²) in [7, 11) is -3.72. The monoisotopic (exact) mass is 440 g/mol. The molecule has 2 fully saturated rings. The van der Waals surface area contributed by atoms with Crippen molar-refractivity contribution >= 4 is 10.0 Å². The topological polar surface area (TPSA) is 60.9 Å². The maximum Gasteiger partial charge on any atom is 0.390 e. The number of hydrogen-bond acceptors (Lipinski definition) is 4. The number of likely N-dealkylation sites (tertiary alicyclic amines) is 1. The Kier molecular flexibility index (Phi) is 5.42. The molecular weight excluding hydrogens is 417 g/mol. The average Bonchev–Trinajstić information content (AvgIpc) is 2.66. The largest absolute Gasteiger partial charge is 0.395 e. The first-order chi connectivity index (χ1) is 14.2. The van der Waals surface area contributed by atoms with Crippen LogP contribution in [0.2, 0.25) is 0 Å². The van der Waals surface area contributed by atoms with E-state index in [1.807, 2.05) is 30.3 Å². The predicted octanol–water partition coefficient (Wildman–Crippen LogP) is 2.84. The molecule has 0 radical (unpaired) electrons. The lowest BCUT2D eigenvalue weighted by atomic mass is 9.61. The highest BCUT2D eigenvalue weighted by Crippen LogP contribution is 2.55. The Morgan fingerprint density at radius 1 is 1.00 bits per heavy atom. The highest BCUT2D eigenvalue weighted by atomic mass is 32.2. The molecule has 2 aliphatic rings. The van der Waals surface area contributed by atoms with Gasteiger partial charge in [0.1, 0.15) is 0 Å². The molecule has 0 amide bonds. The summed E-state index contributed by atoms with van der Waals surface area (Å²) in [6.07, 6.45) is -5.32. The highest BCUT2D eigenvalue weighted by molar-refractivity contribution is 7.89. The fourth-order valence-corrected chi connectivity index (χ4v) is 6.44. The van der Waals surface area contributed by atoms with E-state index in [4.69, 9.17) is 0 Å². The average molecular weight is 440 g/mol. The van der Waals surface area contributed by atoms with Gasteiger partial charge in [-0.05, 0) is 17.7 Å². The van der Waals surface area contributed by atoms with Crippen molar-refractivity contribution in [3.63, 3.8) is 0 Å². The zero-order valence-electron chi connectivity index (χ0n) is 16.2. The number of nitrogens with zero attached hydrogens (tertiary/aromatic N) is 2. The van der Waals surface area contributed by atoms with Crippen molar-refractivity contribution in [2.45, 2.75) is 35.0 Å². The van der Waals surface area contributed by atoms with Gasteiger partial charge in [0.05, 0.1) is 23.5 Å². The summed E-state index contributed by atoms with van der Waals surface area (Å²) < 4.78 is 65.9. The highest BCUT2D eigenvalue weighted by Gasteiger charge is 2.67. The summed E-state index contributed by atoms with van der Waals surface area (Å²) in [5.41, 5.74) is 0.151. The molecule has 2 aromatic rings. The SMILES string of the molecule is O=S(=O)(c1ccccc1)N1CC2(C1)[C@H](c1ccccc1)[C@H](CO)N2CCC(F)(F)F. The Bertz CT molecular complexity index is 978. The van der Waals surface area contributed by atoms with E-state index in [2.05, 4.69) is 0 Å². The molecule has 2 heterocycles. The van der Waals surface area contributed by atoms with Crippen molar-refractivity contribution in [3.8, 4) is 0 Å². The lowest BCUT2D eigenvalue weighted by Crippen LogP contribution is -2.85. The molecule has 30 heavy (non-hydrogen) atoms. The Labute approximate surface area is 173 Å². The second kappa shape index (κ2) is 7.64. The second-order valence-electron chi connectivity index (χ2n) is 7.89. The minimum Gasteiger partial charge on any atom is -0.395 e. The third-order valence-corrected chi connectivity index (χ3v) is 8.01. The first-order valence-electron chi connectivity index (χ1n) is 9.73. The van der Waals surface area contributed by atoms with Gasteiger partial charge in [-0.2, -0.15) is 17.5 Å². The zero-order valence-corrected chi connectivity index (χ0v) is 17.0. The minimum absolute atomic E-state index is 0.0954. The van der Waals surface area contributed by atoms with E-state index in [9.17, 15) is 26.7 Å².